The molecule has 0 unspecified atom stereocenters. The SMILES string of the molecule is Nc1nc(CCCc2nc(-c3ccco3)no2)cs1. The molecule has 3 rings (SSSR count). The number of nitrogen functional groups attached to an aromatic ring is 1. The molecule has 0 radical (unpaired) electrons. The van der Waals surface area contributed by atoms with E-state index in [1.807, 2.05) is 5.38 Å². The van der Waals surface area contributed by atoms with E-state index in [1.165, 1.54) is 11.3 Å². The summed E-state index contributed by atoms with van der Waals surface area (Å²) < 4.78 is 10.4. The minimum Gasteiger partial charge on any atom is -0.461 e. The van der Waals surface area contributed by atoms with E-state index in [0.717, 1.165) is 18.5 Å². The summed E-state index contributed by atoms with van der Waals surface area (Å²) in [5.41, 5.74) is 6.58. The van der Waals surface area contributed by atoms with Gasteiger partial charge in [-0.1, -0.05) is 5.16 Å². The van der Waals surface area contributed by atoms with Crippen molar-refractivity contribution in [2.75, 3.05) is 5.73 Å². The van der Waals surface area contributed by atoms with Crippen LogP contribution in [0.3, 0.4) is 0 Å². The van der Waals surface area contributed by atoms with Crippen LogP contribution in [0.2, 0.25) is 0 Å². The molecular formula is C12H12N4O2S. The van der Waals surface area contributed by atoms with Gasteiger partial charge >= 0.3 is 0 Å². The average molecular weight is 276 g/mol. The summed E-state index contributed by atoms with van der Waals surface area (Å²) in [5.74, 6) is 1.70. The molecule has 0 saturated heterocycles. The second kappa shape index (κ2) is 5.23. The summed E-state index contributed by atoms with van der Waals surface area (Å²) >= 11 is 1.46. The maximum absolute atomic E-state index is 5.58. The van der Waals surface area contributed by atoms with E-state index in [-0.39, 0.29) is 0 Å². The van der Waals surface area contributed by atoms with E-state index < -0.39 is 0 Å². The van der Waals surface area contributed by atoms with Crippen LogP contribution in [0.25, 0.3) is 11.6 Å². The summed E-state index contributed by atoms with van der Waals surface area (Å²) in [6.07, 6.45) is 4.04. The first-order valence-corrected chi connectivity index (χ1v) is 6.75. The van der Waals surface area contributed by atoms with E-state index in [9.17, 15) is 0 Å². The molecule has 0 aliphatic heterocycles. The van der Waals surface area contributed by atoms with Crippen LogP contribution in [0.4, 0.5) is 5.13 Å². The standard InChI is InChI=1S/C12H12N4O2S/c13-12-14-8(7-19-12)3-1-5-10-15-11(16-18-10)9-4-2-6-17-9/h2,4,6-7H,1,3,5H2,(H2,13,14). The first-order valence-electron chi connectivity index (χ1n) is 5.87. The van der Waals surface area contributed by atoms with Crippen LogP contribution in [0.5, 0.6) is 0 Å². The average Bonchev–Trinajstić information content (AvgIpc) is 3.09. The maximum atomic E-state index is 5.58. The monoisotopic (exact) mass is 276 g/mol. The Bertz CT molecular complexity index is 644. The minimum atomic E-state index is 0.484. The summed E-state index contributed by atoms with van der Waals surface area (Å²) in [5, 5.41) is 6.45. The van der Waals surface area contributed by atoms with Crippen molar-refractivity contribution in [3.63, 3.8) is 0 Å². The summed E-state index contributed by atoms with van der Waals surface area (Å²) in [7, 11) is 0. The van der Waals surface area contributed by atoms with E-state index in [2.05, 4.69) is 15.1 Å². The van der Waals surface area contributed by atoms with E-state index in [4.69, 9.17) is 14.7 Å². The van der Waals surface area contributed by atoms with Crippen molar-refractivity contribution in [2.45, 2.75) is 19.3 Å². The van der Waals surface area contributed by atoms with Crippen molar-refractivity contribution in [1.82, 2.24) is 15.1 Å². The number of hydrogen-bond acceptors (Lipinski definition) is 7. The molecule has 6 nitrogen and oxygen atoms in total. The smallest absolute Gasteiger partial charge is 0.238 e. The molecule has 3 aromatic heterocycles. The van der Waals surface area contributed by atoms with Crippen molar-refractivity contribution in [3.8, 4) is 11.6 Å². The van der Waals surface area contributed by atoms with Gasteiger partial charge in [0.15, 0.2) is 10.9 Å². The van der Waals surface area contributed by atoms with Crippen molar-refractivity contribution < 1.29 is 8.94 Å². The molecule has 0 atom stereocenters. The zero-order chi connectivity index (χ0) is 13.1. The Kier molecular flexibility index (Phi) is 3.28. The number of anilines is 1. The van der Waals surface area contributed by atoms with Crippen molar-refractivity contribution in [1.29, 1.82) is 0 Å². The van der Waals surface area contributed by atoms with Crippen LogP contribution in [0, 0.1) is 0 Å². The lowest BCUT2D eigenvalue weighted by Gasteiger charge is -1.93. The Morgan fingerprint density at radius 3 is 2.95 bits per heavy atom. The van der Waals surface area contributed by atoms with Gasteiger partial charge in [-0.2, -0.15) is 4.98 Å². The number of hydrogen-bond donors (Lipinski definition) is 1. The third-order valence-electron chi connectivity index (χ3n) is 2.60. The molecule has 0 aliphatic rings. The Labute approximate surface area is 113 Å². The highest BCUT2D eigenvalue weighted by Gasteiger charge is 2.10. The van der Waals surface area contributed by atoms with Crippen LogP contribution in [0.1, 0.15) is 18.0 Å². The van der Waals surface area contributed by atoms with E-state index in [0.29, 0.717) is 29.0 Å². The molecule has 0 bridgehead atoms. The molecule has 0 amide bonds. The molecule has 7 heteroatoms. The lowest BCUT2D eigenvalue weighted by Crippen LogP contribution is -1.91. The Hall–Kier alpha value is -2.15. The first kappa shape index (κ1) is 11.9. The number of aromatic nitrogens is 3. The lowest BCUT2D eigenvalue weighted by atomic mass is 10.2. The fourth-order valence-corrected chi connectivity index (χ4v) is 2.32. The van der Waals surface area contributed by atoms with Gasteiger partial charge in [0, 0.05) is 11.8 Å². The number of aryl methyl sites for hydroxylation is 2. The van der Waals surface area contributed by atoms with E-state index in [1.54, 1.807) is 18.4 Å². The first-order chi connectivity index (χ1) is 9.31. The molecule has 0 saturated carbocycles. The third-order valence-corrected chi connectivity index (χ3v) is 3.33. The van der Waals surface area contributed by atoms with Crippen molar-refractivity contribution in [3.05, 3.63) is 35.4 Å². The highest BCUT2D eigenvalue weighted by atomic mass is 32.1. The van der Waals surface area contributed by atoms with Gasteiger partial charge in [-0.15, -0.1) is 11.3 Å². The zero-order valence-corrected chi connectivity index (χ0v) is 10.9. The lowest BCUT2D eigenvalue weighted by molar-refractivity contribution is 0.375. The summed E-state index contributed by atoms with van der Waals surface area (Å²) in [6.45, 7) is 0. The highest BCUT2D eigenvalue weighted by molar-refractivity contribution is 7.13. The molecule has 0 aliphatic carbocycles. The van der Waals surface area contributed by atoms with Gasteiger partial charge in [0.05, 0.1) is 12.0 Å². The summed E-state index contributed by atoms with van der Waals surface area (Å²) in [4.78, 5) is 8.48. The molecule has 3 heterocycles. The minimum absolute atomic E-state index is 0.484. The molecule has 3 aromatic rings. The quantitative estimate of drug-likeness (QED) is 0.770. The predicted molar refractivity (Wildman–Crippen MR) is 70.6 cm³/mol. The Morgan fingerprint density at radius 1 is 1.26 bits per heavy atom. The van der Waals surface area contributed by atoms with Crippen LogP contribution < -0.4 is 5.73 Å². The Balaban J connectivity index is 1.56. The molecule has 0 fully saturated rings. The maximum Gasteiger partial charge on any atom is 0.238 e. The van der Waals surface area contributed by atoms with E-state index >= 15 is 0 Å². The zero-order valence-electron chi connectivity index (χ0n) is 10.1. The van der Waals surface area contributed by atoms with Gasteiger partial charge in [-0.25, -0.2) is 4.98 Å². The number of furan rings is 1. The van der Waals surface area contributed by atoms with Crippen LogP contribution in [-0.4, -0.2) is 15.1 Å². The van der Waals surface area contributed by atoms with Crippen LogP contribution in [-0.2, 0) is 12.8 Å². The van der Waals surface area contributed by atoms with Gasteiger partial charge in [-0.3, -0.25) is 0 Å². The molecule has 0 aromatic carbocycles. The van der Waals surface area contributed by atoms with Gasteiger partial charge in [0.25, 0.3) is 0 Å². The van der Waals surface area contributed by atoms with Crippen molar-refractivity contribution >= 4 is 16.5 Å². The molecule has 19 heavy (non-hydrogen) atoms. The number of nitrogens with two attached hydrogens (primary N) is 1. The second-order valence-electron chi connectivity index (χ2n) is 4.02. The predicted octanol–water partition coefficient (Wildman–Crippen LogP) is 2.54. The molecule has 0 spiro atoms. The fraction of sp³-hybridized carbons (Fsp3) is 0.250. The number of thiazole rings is 1. The third kappa shape index (κ3) is 2.82. The normalized spacial score (nSPS) is 10.9. The van der Waals surface area contributed by atoms with Crippen LogP contribution >= 0.6 is 11.3 Å². The second-order valence-corrected chi connectivity index (χ2v) is 4.91. The largest absolute Gasteiger partial charge is 0.461 e. The van der Waals surface area contributed by atoms with Gasteiger partial charge in [-0.05, 0) is 25.0 Å². The highest BCUT2D eigenvalue weighted by Crippen LogP contribution is 2.17. The number of nitrogens with zero attached hydrogens (tertiary/aromatic N) is 3. The molecular weight excluding hydrogens is 264 g/mol. The van der Waals surface area contributed by atoms with Gasteiger partial charge in [0.2, 0.25) is 11.7 Å². The molecule has 98 valence electrons. The number of rotatable bonds is 5. The Morgan fingerprint density at radius 2 is 2.21 bits per heavy atom. The van der Waals surface area contributed by atoms with Crippen molar-refractivity contribution in [2.24, 2.45) is 0 Å². The van der Waals surface area contributed by atoms with Gasteiger partial charge < -0.3 is 14.7 Å². The van der Waals surface area contributed by atoms with Crippen LogP contribution in [0.15, 0.2) is 32.7 Å². The summed E-state index contributed by atoms with van der Waals surface area (Å²) in [6, 6.07) is 3.59. The van der Waals surface area contributed by atoms with Gasteiger partial charge in [0.1, 0.15) is 0 Å². The molecule has 2 N–H and O–H groups in total. The fourth-order valence-electron chi connectivity index (χ4n) is 1.72. The topological polar surface area (TPSA) is 91.0 Å².